The Morgan fingerprint density at radius 1 is 0.613 bits per heavy atom. The van der Waals surface area contributed by atoms with Crippen LogP contribution < -0.4 is 0 Å². The molecule has 162 valence electrons. The molecule has 0 radical (unpaired) electrons. The molecule has 0 aliphatic carbocycles. The molecular weight excluding hydrogens is 539 g/mol. The highest BCUT2D eigenvalue weighted by Gasteiger charge is 2.10. The molecule has 0 aliphatic rings. The minimum atomic E-state index is -3.65. The molecule has 4 aromatic rings. The Kier molecular flexibility index (Phi) is 7.86. The fraction of sp³-hybridized carbons (Fsp3) is 0. The van der Waals surface area contributed by atoms with Gasteiger partial charge in [0.25, 0.3) is 18.1 Å². The Balaban J connectivity index is 0.000000176. The van der Waals surface area contributed by atoms with Gasteiger partial charge >= 0.3 is 0 Å². The second-order valence-electron chi connectivity index (χ2n) is 6.01. The fourth-order valence-corrected chi connectivity index (χ4v) is 5.80. The van der Waals surface area contributed by atoms with Crippen LogP contribution in [0.3, 0.4) is 0 Å². The van der Waals surface area contributed by atoms with Crippen molar-refractivity contribution in [3.63, 3.8) is 0 Å². The average Bonchev–Trinajstić information content (AvgIpc) is 3.39. The summed E-state index contributed by atoms with van der Waals surface area (Å²) < 4.78 is 44.8. The molecule has 0 saturated carbocycles. The van der Waals surface area contributed by atoms with Crippen LogP contribution >= 0.6 is 55.6 Å². The van der Waals surface area contributed by atoms with Gasteiger partial charge in [-0.1, -0.05) is 41.9 Å². The summed E-state index contributed by atoms with van der Waals surface area (Å²) in [5.74, 6) is 0. The fourth-order valence-electron chi connectivity index (χ4n) is 2.48. The summed E-state index contributed by atoms with van der Waals surface area (Å²) in [6.07, 6.45) is 0. The van der Waals surface area contributed by atoms with Crippen molar-refractivity contribution in [3.8, 4) is 20.9 Å². The van der Waals surface area contributed by atoms with Crippen LogP contribution in [0.1, 0.15) is 0 Å². The quantitative estimate of drug-likeness (QED) is 0.249. The minimum absolute atomic E-state index is 0.0977. The molecule has 0 aliphatic heterocycles. The van der Waals surface area contributed by atoms with Crippen LogP contribution in [-0.2, 0) is 18.1 Å². The van der Waals surface area contributed by atoms with Gasteiger partial charge in [-0.05, 0) is 59.0 Å². The second kappa shape index (κ2) is 10.0. The summed E-state index contributed by atoms with van der Waals surface area (Å²) in [4.78, 5) is 2.32. The molecule has 0 saturated heterocycles. The maximum atomic E-state index is 11.0. The number of hydrogen-bond acceptors (Lipinski definition) is 6. The van der Waals surface area contributed by atoms with Gasteiger partial charge in [0.2, 0.25) is 0 Å². The summed E-state index contributed by atoms with van der Waals surface area (Å²) in [6, 6.07) is 20.5. The van der Waals surface area contributed by atoms with E-state index in [-0.39, 0.29) is 9.79 Å². The second-order valence-corrected chi connectivity index (χ2v) is 13.8. The zero-order valence-corrected chi connectivity index (χ0v) is 20.9. The number of halogens is 3. The summed E-state index contributed by atoms with van der Waals surface area (Å²) in [5, 5.41) is 1.97. The summed E-state index contributed by atoms with van der Waals surface area (Å²) in [6.45, 7) is 0. The molecule has 0 bridgehead atoms. The highest BCUT2D eigenvalue weighted by Crippen LogP contribution is 2.31. The number of hydrogen-bond donors (Lipinski definition) is 0. The third-order valence-corrected chi connectivity index (χ3v) is 8.87. The van der Waals surface area contributed by atoms with Crippen LogP contribution in [0.2, 0.25) is 4.34 Å². The molecule has 11 heteroatoms. The van der Waals surface area contributed by atoms with Crippen LogP contribution in [0.25, 0.3) is 20.9 Å². The Labute approximate surface area is 202 Å². The number of thiophene rings is 2. The van der Waals surface area contributed by atoms with Crippen LogP contribution in [-0.4, -0.2) is 16.8 Å². The Hall–Kier alpha value is -1.39. The molecule has 2 heterocycles. The largest absolute Gasteiger partial charge is 0.261 e. The third kappa shape index (κ3) is 6.79. The van der Waals surface area contributed by atoms with Crippen LogP contribution in [0.15, 0.2) is 88.0 Å². The van der Waals surface area contributed by atoms with Gasteiger partial charge < -0.3 is 0 Å². The van der Waals surface area contributed by atoms with Crippen LogP contribution in [0.5, 0.6) is 0 Å². The lowest BCUT2D eigenvalue weighted by molar-refractivity contribution is 0.608. The lowest BCUT2D eigenvalue weighted by Crippen LogP contribution is -1.89. The van der Waals surface area contributed by atoms with E-state index >= 15 is 0 Å². The molecular formula is C20H13Cl3O4S4. The van der Waals surface area contributed by atoms with Crippen molar-refractivity contribution in [2.45, 2.75) is 9.79 Å². The molecule has 4 rings (SSSR count). The molecule has 0 atom stereocenters. The van der Waals surface area contributed by atoms with Gasteiger partial charge in [0.15, 0.2) is 0 Å². The van der Waals surface area contributed by atoms with E-state index in [0.717, 1.165) is 20.9 Å². The molecule has 0 N–H and O–H groups in total. The van der Waals surface area contributed by atoms with Gasteiger partial charge in [-0.2, -0.15) is 0 Å². The Morgan fingerprint density at radius 2 is 1.10 bits per heavy atom. The summed E-state index contributed by atoms with van der Waals surface area (Å²) >= 11 is 8.86. The summed E-state index contributed by atoms with van der Waals surface area (Å²) in [7, 11) is 3.17. The van der Waals surface area contributed by atoms with E-state index in [2.05, 4.69) is 0 Å². The van der Waals surface area contributed by atoms with E-state index in [9.17, 15) is 16.8 Å². The van der Waals surface area contributed by atoms with E-state index < -0.39 is 18.1 Å². The molecule has 0 fully saturated rings. The highest BCUT2D eigenvalue weighted by atomic mass is 35.7. The zero-order valence-electron chi connectivity index (χ0n) is 15.4. The number of rotatable bonds is 4. The van der Waals surface area contributed by atoms with Crippen molar-refractivity contribution in [1.29, 1.82) is 0 Å². The SMILES string of the molecule is O=S(=O)(Cl)c1ccc(-c2ccc(Cl)s2)cc1.O=S(=O)(Cl)c1ccc(-c2cccs2)cc1. The van der Waals surface area contributed by atoms with Gasteiger partial charge in [-0.15, -0.1) is 22.7 Å². The van der Waals surface area contributed by atoms with Crippen molar-refractivity contribution in [3.05, 3.63) is 82.5 Å². The first-order valence-corrected chi connectivity index (χ1v) is 15.1. The topological polar surface area (TPSA) is 68.3 Å². The van der Waals surface area contributed by atoms with Crippen molar-refractivity contribution in [2.75, 3.05) is 0 Å². The Bertz CT molecular complexity index is 1360. The lowest BCUT2D eigenvalue weighted by atomic mass is 10.2. The van der Waals surface area contributed by atoms with Gasteiger partial charge in [0.05, 0.1) is 14.1 Å². The monoisotopic (exact) mass is 550 g/mol. The first-order chi connectivity index (χ1) is 14.5. The van der Waals surface area contributed by atoms with E-state index in [4.69, 9.17) is 33.0 Å². The van der Waals surface area contributed by atoms with Crippen LogP contribution in [0, 0.1) is 0 Å². The van der Waals surface area contributed by atoms with Crippen molar-refractivity contribution >= 4 is 73.7 Å². The molecule has 2 aromatic heterocycles. The molecule has 0 amide bonds. The summed E-state index contributed by atoms with van der Waals surface area (Å²) in [5.41, 5.74) is 1.91. The van der Waals surface area contributed by atoms with E-state index in [1.807, 2.05) is 23.6 Å². The van der Waals surface area contributed by atoms with Crippen molar-refractivity contribution < 1.29 is 16.8 Å². The maximum absolute atomic E-state index is 11.0. The lowest BCUT2D eigenvalue weighted by Gasteiger charge is -1.99. The van der Waals surface area contributed by atoms with Crippen molar-refractivity contribution in [2.24, 2.45) is 0 Å². The smallest absolute Gasteiger partial charge is 0.207 e. The normalized spacial score (nSPS) is 11.6. The van der Waals surface area contributed by atoms with Gasteiger partial charge in [-0.25, -0.2) is 16.8 Å². The molecule has 4 nitrogen and oxygen atoms in total. The zero-order chi connectivity index (χ0) is 22.6. The van der Waals surface area contributed by atoms with E-state index in [0.29, 0.717) is 4.34 Å². The number of benzene rings is 2. The molecule has 2 aromatic carbocycles. The standard InChI is InChI=1S/C10H6Cl2O2S2.C10H7ClO2S2/c11-10-6-5-9(15-10)7-1-3-8(4-2-7)16(12,13)14;11-15(12,13)9-5-3-8(4-6-9)10-2-1-7-14-10/h1-6H;1-7H. The highest BCUT2D eigenvalue weighted by molar-refractivity contribution is 8.14. The van der Waals surface area contributed by atoms with Gasteiger partial charge in [0.1, 0.15) is 0 Å². The predicted molar refractivity (Wildman–Crippen MR) is 131 cm³/mol. The van der Waals surface area contributed by atoms with E-state index in [1.165, 1.54) is 35.6 Å². The van der Waals surface area contributed by atoms with Crippen molar-refractivity contribution in [1.82, 2.24) is 0 Å². The Morgan fingerprint density at radius 3 is 1.45 bits per heavy atom. The molecule has 0 spiro atoms. The molecule has 0 unspecified atom stereocenters. The first kappa shape index (κ1) is 24.3. The van der Waals surface area contributed by atoms with Gasteiger partial charge in [0, 0.05) is 31.1 Å². The predicted octanol–water partition coefficient (Wildman–Crippen LogP) is 7.34. The van der Waals surface area contributed by atoms with Crippen LogP contribution in [0.4, 0.5) is 0 Å². The minimum Gasteiger partial charge on any atom is -0.207 e. The van der Waals surface area contributed by atoms with E-state index in [1.54, 1.807) is 41.7 Å². The maximum Gasteiger partial charge on any atom is 0.261 e. The van der Waals surface area contributed by atoms with Gasteiger partial charge in [-0.3, -0.25) is 0 Å². The first-order valence-electron chi connectivity index (χ1n) is 8.43. The average molecular weight is 552 g/mol. The molecule has 31 heavy (non-hydrogen) atoms. The third-order valence-electron chi connectivity index (χ3n) is 3.94.